The minimum Gasteiger partial charge on any atom is -0.264 e. The van der Waals surface area contributed by atoms with E-state index in [9.17, 15) is 5.11 Å². The van der Waals surface area contributed by atoms with E-state index in [0.717, 1.165) is 0 Å². The smallest absolute Gasteiger partial charge is 0.146 e. The van der Waals surface area contributed by atoms with Crippen molar-refractivity contribution in [1.82, 2.24) is 9.97 Å². The van der Waals surface area contributed by atoms with Crippen molar-refractivity contribution in [3.05, 3.63) is 60.2 Å². The molecule has 2 rings (SSSR count). The molecule has 0 spiro atoms. The molecule has 3 nitrogen and oxygen atoms in total. The predicted molar refractivity (Wildman–Crippen MR) is 51.0 cm³/mol. The molecule has 0 bridgehead atoms. The van der Waals surface area contributed by atoms with E-state index >= 15 is 0 Å². The van der Waals surface area contributed by atoms with Crippen LogP contribution < -0.4 is 0 Å². The van der Waals surface area contributed by atoms with Crippen molar-refractivity contribution < 1.29 is 5.11 Å². The molecule has 0 saturated heterocycles. The van der Waals surface area contributed by atoms with Gasteiger partial charge in [0.25, 0.3) is 0 Å². The Morgan fingerprint density at radius 3 is 1.79 bits per heavy atom. The Balaban J connectivity index is 2.30. The molecular weight excluding hydrogens is 176 g/mol. The van der Waals surface area contributed by atoms with Gasteiger partial charge >= 0.3 is 0 Å². The average molecular weight is 185 g/mol. The van der Waals surface area contributed by atoms with E-state index in [1.165, 1.54) is 0 Å². The van der Waals surface area contributed by atoms with E-state index in [-0.39, 0.29) is 0 Å². The van der Waals surface area contributed by atoms with E-state index in [1.807, 2.05) is 0 Å². The highest BCUT2D eigenvalue weighted by Crippen LogP contribution is 2.19. The maximum Gasteiger partial charge on any atom is 0.146 e. The van der Waals surface area contributed by atoms with Gasteiger partial charge in [0.05, 0.1) is 0 Å². The molecule has 0 aromatic carbocycles. The van der Waals surface area contributed by atoms with Crippen LogP contribution in [0.25, 0.3) is 0 Å². The maximum atomic E-state index is 11.8. The third-order valence-electron chi connectivity index (χ3n) is 1.97. The van der Waals surface area contributed by atoms with Gasteiger partial charge in [0.1, 0.15) is 6.10 Å². The van der Waals surface area contributed by atoms with Gasteiger partial charge in [-0.3, -0.25) is 9.97 Å². The summed E-state index contributed by atoms with van der Waals surface area (Å²) in [6, 6.07) is 7.07. The summed E-state index contributed by atoms with van der Waals surface area (Å²) >= 11 is 0. The zero-order valence-corrected chi connectivity index (χ0v) is 7.50. The lowest BCUT2D eigenvalue weighted by atomic mass is 10.1. The zero-order valence-electron chi connectivity index (χ0n) is 7.50. The maximum absolute atomic E-state index is 11.8. The van der Waals surface area contributed by atoms with E-state index in [0.29, 0.717) is 11.1 Å². The van der Waals surface area contributed by atoms with Gasteiger partial charge in [0.15, 0.2) is 0 Å². The Bertz CT molecular complexity index is 349. The molecule has 0 unspecified atom stereocenters. The lowest BCUT2D eigenvalue weighted by molar-refractivity contribution is 0.124. The van der Waals surface area contributed by atoms with Gasteiger partial charge in [0, 0.05) is 35.9 Å². The second-order valence-corrected chi connectivity index (χ2v) is 2.95. The van der Waals surface area contributed by atoms with Crippen LogP contribution in [0.15, 0.2) is 49.1 Å². The second-order valence-electron chi connectivity index (χ2n) is 2.95. The van der Waals surface area contributed by atoms with Crippen LogP contribution in [0.1, 0.15) is 17.2 Å². The third-order valence-corrected chi connectivity index (χ3v) is 1.97. The minimum absolute atomic E-state index is 0.667. The summed E-state index contributed by atoms with van der Waals surface area (Å²) in [4.78, 5) is 7.82. The van der Waals surface area contributed by atoms with Crippen LogP contribution in [0.4, 0.5) is 0 Å². The standard InChI is InChI=1S/C11H9N2O/c14-11(9-3-1-5-12-7-9)10-4-2-6-13-8-10/h1-8,11H. The Morgan fingerprint density at radius 1 is 0.929 bits per heavy atom. The summed E-state index contributed by atoms with van der Waals surface area (Å²) in [6.45, 7) is 0. The normalized spacial score (nSPS) is 10.4. The molecule has 0 atom stereocenters. The van der Waals surface area contributed by atoms with E-state index in [2.05, 4.69) is 9.97 Å². The number of aromatic nitrogens is 2. The van der Waals surface area contributed by atoms with Crippen LogP contribution in [-0.4, -0.2) is 9.97 Å². The van der Waals surface area contributed by atoms with Gasteiger partial charge in [0.2, 0.25) is 0 Å². The Kier molecular flexibility index (Phi) is 2.51. The van der Waals surface area contributed by atoms with E-state index < -0.39 is 6.10 Å². The first-order chi connectivity index (χ1) is 6.88. The molecule has 0 aliphatic carbocycles. The third kappa shape index (κ3) is 1.78. The van der Waals surface area contributed by atoms with Crippen molar-refractivity contribution >= 4 is 0 Å². The number of pyridine rings is 2. The van der Waals surface area contributed by atoms with Crippen LogP contribution in [0.3, 0.4) is 0 Å². The van der Waals surface area contributed by atoms with Gasteiger partial charge in [-0.05, 0) is 12.1 Å². The largest absolute Gasteiger partial charge is 0.264 e. The van der Waals surface area contributed by atoms with Crippen molar-refractivity contribution in [3.8, 4) is 0 Å². The van der Waals surface area contributed by atoms with Crippen LogP contribution in [0, 0.1) is 0 Å². The number of hydrogen-bond donors (Lipinski definition) is 0. The minimum atomic E-state index is -0.891. The molecule has 0 amide bonds. The lowest BCUT2D eigenvalue weighted by Gasteiger charge is -2.06. The van der Waals surface area contributed by atoms with Crippen LogP contribution in [0.2, 0.25) is 0 Å². The molecule has 0 aliphatic rings. The molecule has 69 valence electrons. The van der Waals surface area contributed by atoms with Crippen molar-refractivity contribution in [1.29, 1.82) is 0 Å². The molecule has 0 aliphatic heterocycles. The SMILES string of the molecule is [O]C(c1cccnc1)c1cccnc1. The van der Waals surface area contributed by atoms with E-state index in [1.54, 1.807) is 49.1 Å². The van der Waals surface area contributed by atoms with Crippen molar-refractivity contribution in [2.75, 3.05) is 0 Å². The van der Waals surface area contributed by atoms with Gasteiger partial charge < -0.3 is 0 Å². The number of nitrogens with zero attached hydrogens (tertiary/aromatic N) is 2. The molecule has 1 radical (unpaired) electrons. The van der Waals surface area contributed by atoms with Gasteiger partial charge in [-0.2, -0.15) is 0 Å². The first kappa shape index (κ1) is 8.84. The average Bonchev–Trinajstić information content (AvgIpc) is 2.30. The molecule has 0 fully saturated rings. The molecule has 2 aromatic heterocycles. The number of rotatable bonds is 2. The highest BCUT2D eigenvalue weighted by molar-refractivity contribution is 5.24. The summed E-state index contributed by atoms with van der Waals surface area (Å²) in [7, 11) is 0. The van der Waals surface area contributed by atoms with Gasteiger partial charge in [-0.15, -0.1) is 0 Å². The van der Waals surface area contributed by atoms with Gasteiger partial charge in [-0.1, -0.05) is 12.1 Å². The quantitative estimate of drug-likeness (QED) is 0.718. The van der Waals surface area contributed by atoms with Crippen LogP contribution in [0.5, 0.6) is 0 Å². The Morgan fingerprint density at radius 2 is 1.43 bits per heavy atom. The first-order valence-corrected chi connectivity index (χ1v) is 4.33. The Hall–Kier alpha value is -1.74. The summed E-state index contributed by atoms with van der Waals surface area (Å²) < 4.78 is 0. The monoisotopic (exact) mass is 185 g/mol. The lowest BCUT2D eigenvalue weighted by Crippen LogP contribution is -1.98. The summed E-state index contributed by atoms with van der Waals surface area (Å²) in [5, 5.41) is 11.8. The molecule has 3 heteroatoms. The second kappa shape index (κ2) is 3.98. The molecule has 14 heavy (non-hydrogen) atoms. The highest BCUT2D eigenvalue weighted by Gasteiger charge is 2.11. The molecule has 0 saturated carbocycles. The number of hydrogen-bond acceptors (Lipinski definition) is 2. The predicted octanol–water partition coefficient (Wildman–Crippen LogP) is 2.00. The molecule has 2 aromatic rings. The molecular formula is C11H9N2O. The van der Waals surface area contributed by atoms with Crippen molar-refractivity contribution in [2.24, 2.45) is 0 Å². The summed E-state index contributed by atoms with van der Waals surface area (Å²) in [5.41, 5.74) is 1.33. The van der Waals surface area contributed by atoms with E-state index in [4.69, 9.17) is 0 Å². The summed E-state index contributed by atoms with van der Waals surface area (Å²) in [6.07, 6.45) is 5.59. The Labute approximate surface area is 82.1 Å². The highest BCUT2D eigenvalue weighted by atomic mass is 16.3. The summed E-state index contributed by atoms with van der Waals surface area (Å²) in [5.74, 6) is 0. The van der Waals surface area contributed by atoms with Crippen molar-refractivity contribution in [3.63, 3.8) is 0 Å². The topological polar surface area (TPSA) is 45.7 Å². The fourth-order valence-electron chi connectivity index (χ4n) is 1.25. The first-order valence-electron chi connectivity index (χ1n) is 4.33. The van der Waals surface area contributed by atoms with Crippen LogP contribution in [-0.2, 0) is 5.11 Å². The van der Waals surface area contributed by atoms with Crippen molar-refractivity contribution in [2.45, 2.75) is 6.10 Å². The van der Waals surface area contributed by atoms with Gasteiger partial charge in [-0.25, -0.2) is 5.11 Å². The van der Waals surface area contributed by atoms with Crippen LogP contribution >= 0.6 is 0 Å². The zero-order chi connectivity index (χ0) is 9.80. The molecule has 0 N–H and O–H groups in total. The fourth-order valence-corrected chi connectivity index (χ4v) is 1.25. The molecule has 2 heterocycles. The fraction of sp³-hybridized carbons (Fsp3) is 0.0909.